The first-order chi connectivity index (χ1) is 16.3. The fraction of sp³-hybridized carbons (Fsp3) is 0.250. The van der Waals surface area contributed by atoms with Gasteiger partial charge in [-0.05, 0) is 99.2 Å². The molecule has 0 aromatic carbocycles. The maximum absolute atomic E-state index is 9.57. The van der Waals surface area contributed by atoms with E-state index in [-0.39, 0.29) is 19.5 Å². The largest absolute Gasteiger partial charge is 2.00 e. The van der Waals surface area contributed by atoms with Gasteiger partial charge in [-0.15, -0.1) is 0 Å². The molecule has 0 saturated heterocycles. The number of hydrogen-bond donors (Lipinski definition) is 2. The van der Waals surface area contributed by atoms with Gasteiger partial charge < -0.3 is 33.9 Å². The van der Waals surface area contributed by atoms with Crippen LogP contribution in [0.4, 0.5) is 5.69 Å². The van der Waals surface area contributed by atoms with Crippen molar-refractivity contribution >= 4 is 53.5 Å². The van der Waals surface area contributed by atoms with Gasteiger partial charge in [-0.2, -0.15) is 0 Å². The van der Waals surface area contributed by atoms with Gasteiger partial charge in [-0.25, -0.2) is 4.85 Å². The van der Waals surface area contributed by atoms with Crippen LogP contribution in [0.3, 0.4) is 0 Å². The van der Waals surface area contributed by atoms with Crippen LogP contribution in [0.15, 0.2) is 68.8 Å². The first-order valence-corrected chi connectivity index (χ1v) is 11.8. The van der Waals surface area contributed by atoms with Gasteiger partial charge in [0.05, 0.1) is 17.8 Å². The Morgan fingerprint density at radius 2 is 1.00 bits per heavy atom. The van der Waals surface area contributed by atoms with Crippen molar-refractivity contribution in [1.82, 2.24) is 15.0 Å². The molecule has 0 aliphatic rings. The zero-order valence-electron chi connectivity index (χ0n) is 20.1. The second kappa shape index (κ2) is 20.0. The van der Waals surface area contributed by atoms with Gasteiger partial charge in [-0.3, -0.25) is 15.0 Å². The summed E-state index contributed by atoms with van der Waals surface area (Å²) in [5.41, 5.74) is 0.197. The molecule has 0 unspecified atom stereocenters. The Labute approximate surface area is 250 Å². The molecule has 36 heavy (non-hydrogen) atoms. The molecule has 12 heteroatoms. The summed E-state index contributed by atoms with van der Waals surface area (Å²) in [6.07, 6.45) is 9.87. The molecule has 0 saturated carbocycles. The van der Waals surface area contributed by atoms with E-state index in [1.807, 2.05) is 12.1 Å². The van der Waals surface area contributed by atoms with Gasteiger partial charge in [0.15, 0.2) is 0 Å². The van der Waals surface area contributed by atoms with Crippen LogP contribution < -0.4 is 0 Å². The van der Waals surface area contributed by atoms with Crippen LogP contribution in [0.1, 0.15) is 38.8 Å². The second-order valence-electron chi connectivity index (χ2n) is 7.37. The summed E-state index contributed by atoms with van der Waals surface area (Å²) in [7, 11) is 0. The number of rotatable bonds is 2. The third-order valence-corrected chi connectivity index (χ3v) is 4.94. The normalized spacial score (nSPS) is 9.33. The number of halogens is 3. The van der Waals surface area contributed by atoms with Crippen molar-refractivity contribution in [2.75, 3.05) is 0 Å². The van der Waals surface area contributed by atoms with Gasteiger partial charge in [0.1, 0.15) is 0 Å². The molecule has 3 rings (SSSR count). The number of nitrogens with zero attached hydrogens (tertiary/aromatic N) is 6. The van der Waals surface area contributed by atoms with Gasteiger partial charge in [0.2, 0.25) is 5.69 Å². The van der Waals surface area contributed by atoms with Crippen LogP contribution in [0, 0.1) is 30.2 Å². The average Bonchev–Trinajstić information content (AvgIpc) is 2.81. The van der Waals surface area contributed by atoms with E-state index in [9.17, 15) is 10.2 Å². The molecule has 0 amide bonds. The van der Waals surface area contributed by atoms with E-state index in [1.54, 1.807) is 64.7 Å². The zero-order valence-corrected chi connectivity index (χ0v) is 27.8. The number of pyridine rings is 3. The maximum Gasteiger partial charge on any atom is 2.00 e. The van der Waals surface area contributed by atoms with Crippen molar-refractivity contribution in [3.63, 3.8) is 0 Å². The van der Waals surface area contributed by atoms with Crippen molar-refractivity contribution in [3.05, 3.63) is 104 Å². The molecular formula is C24H23Br3N6O2Zn. The summed E-state index contributed by atoms with van der Waals surface area (Å²) in [4.78, 5) is 14.9. The Bertz CT molecular complexity index is 1100. The van der Waals surface area contributed by atoms with Gasteiger partial charge in [0, 0.05) is 56.2 Å². The summed E-state index contributed by atoms with van der Waals surface area (Å²) in [5, 5.41) is 31.6. The molecule has 0 aliphatic heterocycles. The van der Waals surface area contributed by atoms with Crippen molar-refractivity contribution in [3.8, 4) is 0 Å². The van der Waals surface area contributed by atoms with Gasteiger partial charge >= 0.3 is 19.5 Å². The molecule has 3 aromatic heterocycles. The fourth-order valence-corrected chi connectivity index (χ4v) is 3.36. The summed E-state index contributed by atoms with van der Waals surface area (Å²) < 4.78 is 2.87. The monoisotopic (exact) mass is 728 g/mol. The van der Waals surface area contributed by atoms with Crippen LogP contribution in [-0.4, -0.2) is 25.2 Å². The van der Waals surface area contributed by atoms with E-state index in [4.69, 9.17) is 30.2 Å². The Morgan fingerprint density at radius 3 is 1.28 bits per heavy atom. The number of aromatic nitrogens is 3. The van der Waals surface area contributed by atoms with E-state index >= 15 is 0 Å². The van der Waals surface area contributed by atoms with E-state index in [2.05, 4.69) is 67.6 Å². The SMILES string of the molecule is Brc1cncc(Br)c1.CC(C)(O)c1cncc(Br)c1.[C-]#N.[C-]#N.[C-]#[N+]c1cncc(C(C)(C)O)c1.[Zn+2]. The number of aliphatic hydroxyl groups is 2. The molecule has 0 fully saturated rings. The summed E-state index contributed by atoms with van der Waals surface area (Å²) in [6, 6.07) is 5.43. The summed E-state index contributed by atoms with van der Waals surface area (Å²) in [6.45, 7) is 23.0. The predicted molar refractivity (Wildman–Crippen MR) is 142 cm³/mol. The molecule has 2 N–H and O–H groups in total. The Kier molecular flexibility index (Phi) is 21.4. The molecule has 0 spiro atoms. The summed E-state index contributed by atoms with van der Waals surface area (Å²) in [5.74, 6) is 0. The predicted octanol–water partition coefficient (Wildman–Crippen LogP) is 6.73. The van der Waals surface area contributed by atoms with Crippen LogP contribution in [0.2, 0.25) is 0 Å². The van der Waals surface area contributed by atoms with Gasteiger partial charge in [-0.1, -0.05) is 0 Å². The Morgan fingerprint density at radius 1 is 0.667 bits per heavy atom. The fourth-order valence-electron chi connectivity index (χ4n) is 1.96. The molecule has 0 aliphatic carbocycles. The maximum atomic E-state index is 9.57. The molecule has 184 valence electrons. The first kappa shape index (κ1) is 38.4. The second-order valence-corrected chi connectivity index (χ2v) is 10.1. The standard InChI is InChI=1S/C9H10N2O.C8H10BrNO.C5H3Br2N.2CN.Zn/c1-9(2,12)7-4-8(10-3)6-11-5-7;1-8(2,11)6-3-7(9)5-10-4-6;6-4-1-5(7)3-8-2-4;2*1-2;/h4-6,12H,1-2H3;3-5,11H,1-2H3;1-3H;;;/q;;;2*-1;+2. The quantitative estimate of drug-likeness (QED) is 0.221. The summed E-state index contributed by atoms with van der Waals surface area (Å²) >= 11 is 9.82. The van der Waals surface area contributed by atoms with Crippen molar-refractivity contribution in [2.45, 2.75) is 38.9 Å². The van der Waals surface area contributed by atoms with Crippen LogP contribution in [0.25, 0.3) is 4.85 Å². The number of hydrogen-bond acceptors (Lipinski definition) is 7. The smallest absolute Gasteiger partial charge is 0.512 e. The topological polar surface area (TPSA) is 131 Å². The zero-order chi connectivity index (χ0) is 27.7. The third-order valence-electron chi connectivity index (χ3n) is 3.64. The van der Waals surface area contributed by atoms with Crippen molar-refractivity contribution < 1.29 is 29.7 Å². The van der Waals surface area contributed by atoms with Crippen LogP contribution in [-0.2, 0) is 30.7 Å². The Hall–Kier alpha value is -2.10. The minimum Gasteiger partial charge on any atom is -0.512 e. The van der Waals surface area contributed by atoms with E-state index in [0.29, 0.717) is 11.3 Å². The van der Waals surface area contributed by atoms with E-state index < -0.39 is 11.2 Å². The Balaban J connectivity index is -0.000000424. The first-order valence-electron chi connectivity index (χ1n) is 9.42. The molecule has 0 atom stereocenters. The minimum atomic E-state index is -0.923. The molecule has 8 nitrogen and oxygen atoms in total. The third kappa shape index (κ3) is 17.4. The van der Waals surface area contributed by atoms with Crippen LogP contribution in [0.5, 0.6) is 0 Å². The molecule has 3 heterocycles. The molecule has 0 bridgehead atoms. The van der Waals surface area contributed by atoms with E-state index in [1.165, 1.54) is 6.20 Å². The van der Waals surface area contributed by atoms with E-state index in [0.717, 1.165) is 19.0 Å². The van der Waals surface area contributed by atoms with Crippen LogP contribution >= 0.6 is 47.8 Å². The average molecular weight is 733 g/mol. The molecule has 0 radical (unpaired) electrons. The van der Waals surface area contributed by atoms with Gasteiger partial charge in [0.25, 0.3) is 0 Å². The molecule has 3 aromatic rings. The molecular weight excluding hydrogens is 709 g/mol. The minimum absolute atomic E-state index is 0. The van der Waals surface area contributed by atoms with Crippen molar-refractivity contribution in [2.24, 2.45) is 0 Å². The van der Waals surface area contributed by atoms with Crippen molar-refractivity contribution in [1.29, 1.82) is 10.5 Å².